The third-order valence-corrected chi connectivity index (χ3v) is 3.91. The molecule has 0 spiro atoms. The number of carbonyl (C=O) groups excluding carboxylic acids is 1. The summed E-state index contributed by atoms with van der Waals surface area (Å²) in [5, 5.41) is 5.92. The van der Waals surface area contributed by atoms with Gasteiger partial charge in [-0.1, -0.05) is 0 Å². The molecule has 0 aromatic carbocycles. The zero-order valence-electron chi connectivity index (χ0n) is 15.1. The Balaban J connectivity index is 1.77. The molecule has 2 heterocycles. The Morgan fingerprint density at radius 2 is 2.08 bits per heavy atom. The number of urea groups is 1. The van der Waals surface area contributed by atoms with Gasteiger partial charge < -0.3 is 15.4 Å². The van der Waals surface area contributed by atoms with Crippen molar-refractivity contribution in [2.24, 2.45) is 5.92 Å². The van der Waals surface area contributed by atoms with Crippen LogP contribution < -0.4 is 15.4 Å². The number of likely N-dealkylation sites (tertiary alicyclic amines) is 1. The lowest BCUT2D eigenvalue weighted by atomic mass is 9.97. The van der Waals surface area contributed by atoms with Gasteiger partial charge in [-0.3, -0.25) is 4.90 Å². The van der Waals surface area contributed by atoms with E-state index >= 15 is 0 Å². The van der Waals surface area contributed by atoms with E-state index in [2.05, 4.69) is 25.5 Å². The van der Waals surface area contributed by atoms with Gasteiger partial charge in [0.15, 0.2) is 0 Å². The highest BCUT2D eigenvalue weighted by molar-refractivity contribution is 5.74. The standard InChI is InChI=1S/C17H29N5O2/c1-17(2,3)21-15(23)18-8-13-6-5-7-22(11-13)12-14-9-19-16(24-4)20-10-14/h9-10,13H,5-8,11-12H2,1-4H3,(H2,18,21,23)/t13-/m0/s1. The largest absolute Gasteiger partial charge is 0.467 e. The van der Waals surface area contributed by atoms with E-state index in [0.717, 1.165) is 38.0 Å². The smallest absolute Gasteiger partial charge is 0.316 e. The van der Waals surface area contributed by atoms with Crippen molar-refractivity contribution in [1.82, 2.24) is 25.5 Å². The van der Waals surface area contributed by atoms with Crippen molar-refractivity contribution in [3.63, 3.8) is 0 Å². The first-order valence-electron chi connectivity index (χ1n) is 8.49. The van der Waals surface area contributed by atoms with Crippen LogP contribution in [0.1, 0.15) is 39.2 Å². The molecular formula is C17H29N5O2. The molecule has 0 saturated carbocycles. The fraction of sp³-hybridized carbons (Fsp3) is 0.706. The normalized spacial score (nSPS) is 18.9. The maximum atomic E-state index is 11.9. The molecule has 0 radical (unpaired) electrons. The van der Waals surface area contributed by atoms with Gasteiger partial charge in [-0.2, -0.15) is 0 Å². The number of hydrogen-bond donors (Lipinski definition) is 2. The van der Waals surface area contributed by atoms with Gasteiger partial charge in [0.1, 0.15) is 0 Å². The molecule has 0 aliphatic carbocycles. The van der Waals surface area contributed by atoms with E-state index in [4.69, 9.17) is 4.74 Å². The van der Waals surface area contributed by atoms with E-state index in [1.54, 1.807) is 7.11 Å². The first-order chi connectivity index (χ1) is 11.4. The molecule has 1 saturated heterocycles. The maximum Gasteiger partial charge on any atom is 0.316 e. The number of nitrogens with zero attached hydrogens (tertiary/aromatic N) is 3. The zero-order chi connectivity index (χ0) is 17.6. The molecule has 134 valence electrons. The molecule has 2 rings (SSSR count). The number of rotatable bonds is 5. The lowest BCUT2D eigenvalue weighted by Gasteiger charge is -2.33. The molecule has 0 unspecified atom stereocenters. The van der Waals surface area contributed by atoms with Crippen LogP contribution in [0.5, 0.6) is 6.01 Å². The van der Waals surface area contributed by atoms with Crippen molar-refractivity contribution in [3.05, 3.63) is 18.0 Å². The summed E-state index contributed by atoms with van der Waals surface area (Å²) in [6.45, 7) is 9.51. The predicted molar refractivity (Wildman–Crippen MR) is 92.9 cm³/mol. The van der Waals surface area contributed by atoms with Crippen molar-refractivity contribution < 1.29 is 9.53 Å². The Morgan fingerprint density at radius 1 is 1.38 bits per heavy atom. The summed E-state index contributed by atoms with van der Waals surface area (Å²) in [6.07, 6.45) is 5.91. The number of nitrogens with one attached hydrogen (secondary N) is 2. The highest BCUT2D eigenvalue weighted by atomic mass is 16.5. The number of amides is 2. The average Bonchev–Trinajstić information content (AvgIpc) is 2.52. The Bertz CT molecular complexity index is 527. The van der Waals surface area contributed by atoms with E-state index in [1.807, 2.05) is 33.2 Å². The number of methoxy groups -OCH3 is 1. The van der Waals surface area contributed by atoms with Crippen molar-refractivity contribution in [2.45, 2.75) is 45.7 Å². The van der Waals surface area contributed by atoms with Crippen LogP contribution in [0.2, 0.25) is 0 Å². The predicted octanol–water partition coefficient (Wildman–Crippen LogP) is 1.79. The van der Waals surface area contributed by atoms with Crippen LogP contribution in [0.15, 0.2) is 12.4 Å². The van der Waals surface area contributed by atoms with Gasteiger partial charge in [0.2, 0.25) is 0 Å². The second-order valence-corrected chi connectivity index (χ2v) is 7.41. The van der Waals surface area contributed by atoms with Gasteiger partial charge in [0.05, 0.1) is 7.11 Å². The van der Waals surface area contributed by atoms with E-state index in [0.29, 0.717) is 18.5 Å². The molecular weight excluding hydrogens is 306 g/mol. The third-order valence-electron chi connectivity index (χ3n) is 3.91. The minimum atomic E-state index is -0.211. The van der Waals surface area contributed by atoms with Crippen LogP contribution in [0.3, 0.4) is 0 Å². The number of ether oxygens (including phenoxy) is 1. The van der Waals surface area contributed by atoms with E-state index < -0.39 is 0 Å². The molecule has 0 bridgehead atoms. The molecule has 1 aromatic heterocycles. The summed E-state index contributed by atoms with van der Waals surface area (Å²) in [6, 6.07) is 0.299. The monoisotopic (exact) mass is 335 g/mol. The fourth-order valence-corrected chi connectivity index (χ4v) is 2.87. The van der Waals surface area contributed by atoms with Gasteiger partial charge in [-0.15, -0.1) is 0 Å². The van der Waals surface area contributed by atoms with Gasteiger partial charge in [0.25, 0.3) is 0 Å². The summed E-state index contributed by atoms with van der Waals surface area (Å²) in [4.78, 5) is 22.6. The SMILES string of the molecule is COc1ncc(CN2CCC[C@@H](CNC(=O)NC(C)(C)C)C2)cn1. The van der Waals surface area contributed by atoms with Crippen molar-refractivity contribution in [3.8, 4) is 6.01 Å². The van der Waals surface area contributed by atoms with Crippen LogP contribution in [-0.4, -0.2) is 53.2 Å². The Kier molecular flexibility index (Phi) is 6.36. The summed E-state index contributed by atoms with van der Waals surface area (Å²) in [7, 11) is 1.56. The number of carbonyl (C=O) groups is 1. The zero-order valence-corrected chi connectivity index (χ0v) is 15.1. The molecule has 2 amide bonds. The van der Waals surface area contributed by atoms with Crippen molar-refractivity contribution in [1.29, 1.82) is 0 Å². The summed E-state index contributed by atoms with van der Waals surface area (Å²) in [5.74, 6) is 0.476. The van der Waals surface area contributed by atoms with Gasteiger partial charge >= 0.3 is 12.0 Å². The molecule has 1 aliphatic heterocycles. The number of hydrogen-bond acceptors (Lipinski definition) is 5. The van der Waals surface area contributed by atoms with Crippen LogP contribution in [0.25, 0.3) is 0 Å². The second-order valence-electron chi connectivity index (χ2n) is 7.41. The van der Waals surface area contributed by atoms with Crippen LogP contribution in [0.4, 0.5) is 4.79 Å². The summed E-state index contributed by atoms with van der Waals surface area (Å²) >= 11 is 0. The molecule has 1 atom stereocenters. The van der Waals surface area contributed by atoms with Gasteiger partial charge in [-0.05, 0) is 46.1 Å². The number of aromatic nitrogens is 2. The molecule has 7 nitrogen and oxygen atoms in total. The molecule has 24 heavy (non-hydrogen) atoms. The van der Waals surface area contributed by atoms with Crippen LogP contribution in [-0.2, 0) is 6.54 Å². The topological polar surface area (TPSA) is 79.4 Å². The quantitative estimate of drug-likeness (QED) is 0.858. The minimum absolute atomic E-state index is 0.0943. The summed E-state index contributed by atoms with van der Waals surface area (Å²) in [5.41, 5.74) is 0.867. The first-order valence-corrected chi connectivity index (χ1v) is 8.49. The molecule has 7 heteroatoms. The average molecular weight is 335 g/mol. The second kappa shape index (κ2) is 8.28. The van der Waals surface area contributed by atoms with E-state index in [-0.39, 0.29) is 11.6 Å². The summed E-state index contributed by atoms with van der Waals surface area (Å²) < 4.78 is 4.98. The number of piperidine rings is 1. The fourth-order valence-electron chi connectivity index (χ4n) is 2.87. The molecule has 1 aromatic rings. The minimum Gasteiger partial charge on any atom is -0.467 e. The van der Waals surface area contributed by atoms with Crippen LogP contribution in [0, 0.1) is 5.92 Å². The highest BCUT2D eigenvalue weighted by Crippen LogP contribution is 2.18. The van der Waals surface area contributed by atoms with E-state index in [1.165, 1.54) is 0 Å². The lowest BCUT2D eigenvalue weighted by molar-refractivity contribution is 0.164. The molecule has 1 aliphatic rings. The first kappa shape index (κ1) is 18.4. The lowest BCUT2D eigenvalue weighted by Crippen LogP contribution is -2.49. The van der Waals surface area contributed by atoms with Gasteiger partial charge in [0, 0.05) is 43.1 Å². The molecule has 1 fully saturated rings. The molecule has 2 N–H and O–H groups in total. The highest BCUT2D eigenvalue weighted by Gasteiger charge is 2.21. The van der Waals surface area contributed by atoms with Crippen LogP contribution >= 0.6 is 0 Å². The third kappa shape index (κ3) is 6.31. The maximum absolute atomic E-state index is 11.9. The Hall–Kier alpha value is -1.89. The van der Waals surface area contributed by atoms with E-state index in [9.17, 15) is 4.79 Å². The Morgan fingerprint density at radius 3 is 2.71 bits per heavy atom. The van der Waals surface area contributed by atoms with Gasteiger partial charge in [-0.25, -0.2) is 14.8 Å². The van der Waals surface area contributed by atoms with Crippen molar-refractivity contribution in [2.75, 3.05) is 26.7 Å². The van der Waals surface area contributed by atoms with Crippen molar-refractivity contribution >= 4 is 6.03 Å². The Labute approximate surface area is 144 Å².